The molecule has 0 aliphatic rings. The number of nitrogens with one attached hydrogen (secondary N) is 1. The van der Waals surface area contributed by atoms with Gasteiger partial charge in [-0.15, -0.1) is 11.3 Å². The quantitative estimate of drug-likeness (QED) is 0.497. The fraction of sp³-hybridized carbons (Fsp3) is 0.333. The number of nitrogens with zero attached hydrogens (tertiary/aromatic N) is 2. The predicted molar refractivity (Wildman–Crippen MR) is 98.6 cm³/mol. The van der Waals surface area contributed by atoms with Crippen molar-refractivity contribution in [2.45, 2.75) is 13.0 Å². The van der Waals surface area contributed by atoms with E-state index in [1.54, 1.807) is 30.5 Å². The fourth-order valence-electron chi connectivity index (χ4n) is 2.28. The van der Waals surface area contributed by atoms with Crippen molar-refractivity contribution in [2.24, 2.45) is 4.99 Å². The molecule has 24 heavy (non-hydrogen) atoms. The van der Waals surface area contributed by atoms with Gasteiger partial charge in [-0.25, -0.2) is 4.79 Å². The zero-order chi connectivity index (χ0) is 17.4. The Hall–Kier alpha value is -2.34. The summed E-state index contributed by atoms with van der Waals surface area (Å²) in [5.41, 5.74) is 1.63. The molecule has 6 heteroatoms. The summed E-state index contributed by atoms with van der Waals surface area (Å²) in [6, 6.07) is 11.6. The van der Waals surface area contributed by atoms with Crippen LogP contribution in [0.1, 0.15) is 20.8 Å². The lowest BCUT2D eigenvalue weighted by atomic mass is 10.1. The lowest BCUT2D eigenvalue weighted by Gasteiger charge is -2.22. The number of carbonyl (C=O) groups is 1. The molecule has 0 unspecified atom stereocenters. The standard InChI is InChI=1S/C18H23N3O2S/c1-19-18(21(2)11-10-16-5-4-12-24-16)20-13-14-6-8-15(9-7-14)17(22)23-3/h4-9,12H,10-11,13H2,1-3H3,(H,19,20). The molecule has 2 rings (SSSR count). The molecule has 0 amide bonds. The Balaban J connectivity index is 1.85. The zero-order valence-electron chi connectivity index (χ0n) is 14.3. The van der Waals surface area contributed by atoms with Gasteiger partial charge in [-0.3, -0.25) is 4.99 Å². The van der Waals surface area contributed by atoms with Gasteiger partial charge in [0.15, 0.2) is 5.96 Å². The van der Waals surface area contributed by atoms with Gasteiger partial charge in [-0.2, -0.15) is 0 Å². The third kappa shape index (κ3) is 5.09. The van der Waals surface area contributed by atoms with Gasteiger partial charge in [-0.05, 0) is 35.6 Å². The Morgan fingerprint density at radius 1 is 1.29 bits per heavy atom. The molecular weight excluding hydrogens is 322 g/mol. The second-order valence-corrected chi connectivity index (χ2v) is 6.37. The molecule has 5 nitrogen and oxygen atoms in total. The first-order valence-corrected chi connectivity index (χ1v) is 8.63. The SMILES string of the molecule is CN=C(NCc1ccc(C(=O)OC)cc1)N(C)CCc1cccs1. The highest BCUT2D eigenvalue weighted by Gasteiger charge is 2.07. The van der Waals surface area contributed by atoms with Crippen molar-refractivity contribution in [3.63, 3.8) is 0 Å². The number of thiophene rings is 1. The summed E-state index contributed by atoms with van der Waals surface area (Å²) in [6.45, 7) is 1.55. The number of hydrogen-bond acceptors (Lipinski definition) is 4. The molecule has 1 N–H and O–H groups in total. The van der Waals surface area contributed by atoms with E-state index in [-0.39, 0.29) is 5.97 Å². The topological polar surface area (TPSA) is 53.9 Å². The number of likely N-dealkylation sites (N-methyl/N-ethyl adjacent to an activating group) is 1. The van der Waals surface area contributed by atoms with Gasteiger partial charge in [0.05, 0.1) is 12.7 Å². The first-order chi connectivity index (χ1) is 11.6. The molecule has 0 atom stereocenters. The molecule has 2 aromatic rings. The minimum Gasteiger partial charge on any atom is -0.465 e. The summed E-state index contributed by atoms with van der Waals surface area (Å²) in [5.74, 6) is 0.530. The van der Waals surface area contributed by atoms with Gasteiger partial charge in [0.1, 0.15) is 0 Å². The molecular formula is C18H23N3O2S. The maximum Gasteiger partial charge on any atom is 0.337 e. The maximum absolute atomic E-state index is 11.4. The van der Waals surface area contributed by atoms with Crippen molar-refractivity contribution < 1.29 is 9.53 Å². The zero-order valence-corrected chi connectivity index (χ0v) is 15.1. The molecule has 0 fully saturated rings. The van der Waals surface area contributed by atoms with Gasteiger partial charge >= 0.3 is 5.97 Å². The third-order valence-electron chi connectivity index (χ3n) is 3.67. The number of carbonyl (C=O) groups excluding carboxylic acids is 1. The first-order valence-electron chi connectivity index (χ1n) is 7.75. The third-order valence-corrected chi connectivity index (χ3v) is 4.61. The Morgan fingerprint density at radius 2 is 2.04 bits per heavy atom. The average molecular weight is 345 g/mol. The van der Waals surface area contributed by atoms with Crippen LogP contribution in [0, 0.1) is 0 Å². The van der Waals surface area contributed by atoms with Crippen LogP contribution in [0.2, 0.25) is 0 Å². The number of methoxy groups -OCH3 is 1. The average Bonchev–Trinajstić information content (AvgIpc) is 3.14. The fourth-order valence-corrected chi connectivity index (χ4v) is 2.98. The van der Waals surface area contributed by atoms with Crippen molar-refractivity contribution in [1.82, 2.24) is 10.2 Å². The van der Waals surface area contributed by atoms with Crippen LogP contribution in [0.3, 0.4) is 0 Å². The summed E-state index contributed by atoms with van der Waals surface area (Å²) in [5, 5.41) is 5.44. The normalized spacial score (nSPS) is 11.2. The lowest BCUT2D eigenvalue weighted by molar-refractivity contribution is 0.0600. The van der Waals surface area contributed by atoms with Crippen LogP contribution >= 0.6 is 11.3 Å². The highest BCUT2D eigenvalue weighted by atomic mass is 32.1. The molecule has 0 bridgehead atoms. The first kappa shape index (κ1) is 18.0. The van der Waals surface area contributed by atoms with Crippen LogP contribution in [0.15, 0.2) is 46.8 Å². The number of aliphatic imine (C=N–C) groups is 1. The predicted octanol–water partition coefficient (Wildman–Crippen LogP) is 2.78. The van der Waals surface area contributed by atoms with Crippen molar-refractivity contribution in [1.29, 1.82) is 0 Å². The summed E-state index contributed by atoms with van der Waals surface area (Å²) < 4.78 is 4.70. The van der Waals surface area contributed by atoms with E-state index in [0.717, 1.165) is 24.5 Å². The minimum absolute atomic E-state index is 0.321. The van der Waals surface area contributed by atoms with Gasteiger partial charge < -0.3 is 15.0 Å². The maximum atomic E-state index is 11.4. The van der Waals surface area contributed by atoms with Crippen LogP contribution < -0.4 is 5.32 Å². The van der Waals surface area contributed by atoms with Crippen LogP contribution in [0.25, 0.3) is 0 Å². The van der Waals surface area contributed by atoms with Crippen molar-refractivity contribution in [3.05, 3.63) is 57.8 Å². The number of hydrogen-bond donors (Lipinski definition) is 1. The van der Waals surface area contributed by atoms with Gasteiger partial charge in [-0.1, -0.05) is 18.2 Å². The molecule has 1 aromatic carbocycles. The number of rotatable bonds is 6. The van der Waals surface area contributed by atoms with E-state index in [0.29, 0.717) is 12.1 Å². The number of guanidine groups is 1. The van der Waals surface area contributed by atoms with Gasteiger partial charge in [0, 0.05) is 32.1 Å². The van der Waals surface area contributed by atoms with Crippen LogP contribution in [0.4, 0.5) is 0 Å². The van der Waals surface area contributed by atoms with E-state index in [2.05, 4.69) is 32.7 Å². The molecule has 0 saturated carbocycles. The molecule has 0 spiro atoms. The van der Waals surface area contributed by atoms with Gasteiger partial charge in [0.25, 0.3) is 0 Å². The van der Waals surface area contributed by atoms with Crippen LogP contribution in [0.5, 0.6) is 0 Å². The van der Waals surface area contributed by atoms with Crippen molar-refractivity contribution in [3.8, 4) is 0 Å². The van der Waals surface area contributed by atoms with Crippen LogP contribution in [-0.4, -0.2) is 44.6 Å². The second-order valence-electron chi connectivity index (χ2n) is 5.34. The molecule has 0 aliphatic heterocycles. The number of benzene rings is 1. The monoisotopic (exact) mass is 345 g/mol. The highest BCUT2D eigenvalue weighted by molar-refractivity contribution is 7.09. The van der Waals surface area contributed by atoms with Crippen molar-refractivity contribution in [2.75, 3.05) is 27.7 Å². The molecule has 128 valence electrons. The van der Waals surface area contributed by atoms with E-state index < -0.39 is 0 Å². The van der Waals surface area contributed by atoms with E-state index in [1.807, 2.05) is 19.2 Å². The van der Waals surface area contributed by atoms with E-state index in [9.17, 15) is 4.79 Å². The minimum atomic E-state index is -0.321. The summed E-state index contributed by atoms with van der Waals surface area (Å²) in [7, 11) is 5.20. The molecule has 0 saturated heterocycles. The Morgan fingerprint density at radius 3 is 2.62 bits per heavy atom. The number of esters is 1. The summed E-state index contributed by atoms with van der Waals surface area (Å²) in [4.78, 5) is 19.2. The lowest BCUT2D eigenvalue weighted by Crippen LogP contribution is -2.39. The second kappa shape index (κ2) is 9.08. The highest BCUT2D eigenvalue weighted by Crippen LogP contribution is 2.09. The summed E-state index contributed by atoms with van der Waals surface area (Å²) >= 11 is 1.78. The molecule has 0 radical (unpaired) electrons. The van der Waals surface area contributed by atoms with E-state index in [1.165, 1.54) is 12.0 Å². The van der Waals surface area contributed by atoms with Crippen molar-refractivity contribution >= 4 is 23.3 Å². The smallest absolute Gasteiger partial charge is 0.337 e. The Bertz CT molecular complexity index is 666. The molecule has 1 aromatic heterocycles. The summed E-state index contributed by atoms with van der Waals surface area (Å²) in [6.07, 6.45) is 1.00. The Labute approximate surface area is 147 Å². The van der Waals surface area contributed by atoms with Crippen LogP contribution in [-0.2, 0) is 17.7 Å². The molecule has 1 heterocycles. The Kier molecular flexibility index (Phi) is 6.81. The number of ether oxygens (including phenoxy) is 1. The molecule has 0 aliphatic carbocycles. The van der Waals surface area contributed by atoms with Gasteiger partial charge in [0.2, 0.25) is 0 Å². The van der Waals surface area contributed by atoms with E-state index >= 15 is 0 Å². The van der Waals surface area contributed by atoms with E-state index in [4.69, 9.17) is 4.74 Å². The largest absolute Gasteiger partial charge is 0.465 e.